The molecule has 0 aliphatic heterocycles. The normalized spacial score (nSPS) is 11.8. The Kier molecular flexibility index (Phi) is 4.40. The topological polar surface area (TPSA) is 98.2 Å². The summed E-state index contributed by atoms with van der Waals surface area (Å²) in [4.78, 5) is -0.0259. The van der Waals surface area contributed by atoms with Gasteiger partial charge in [0.2, 0.25) is 10.0 Å². The SMILES string of the molecule is Cc1cc(CNS(=O)(=O)c2cc(C)c(F)c(CN)c2)no1. The number of aryl methyl sites for hydroxylation is 2. The minimum absolute atomic E-state index is 0.00590. The number of hydrogen-bond donors (Lipinski definition) is 2. The van der Waals surface area contributed by atoms with Crippen molar-refractivity contribution in [2.75, 3.05) is 0 Å². The monoisotopic (exact) mass is 313 g/mol. The maximum absolute atomic E-state index is 13.7. The number of nitrogens with two attached hydrogens (primary N) is 1. The fourth-order valence-electron chi connectivity index (χ4n) is 1.86. The van der Waals surface area contributed by atoms with Crippen molar-refractivity contribution < 1.29 is 17.3 Å². The molecule has 0 saturated carbocycles. The minimum Gasteiger partial charge on any atom is -0.361 e. The van der Waals surface area contributed by atoms with Crippen molar-refractivity contribution >= 4 is 10.0 Å². The van der Waals surface area contributed by atoms with Gasteiger partial charge in [0.1, 0.15) is 11.6 Å². The summed E-state index contributed by atoms with van der Waals surface area (Å²) >= 11 is 0. The van der Waals surface area contributed by atoms with E-state index >= 15 is 0 Å². The van der Waals surface area contributed by atoms with Gasteiger partial charge < -0.3 is 10.3 Å². The largest absolute Gasteiger partial charge is 0.361 e. The van der Waals surface area contributed by atoms with Gasteiger partial charge in [0.15, 0.2) is 0 Å². The molecule has 1 aromatic carbocycles. The zero-order valence-corrected chi connectivity index (χ0v) is 12.5. The Hall–Kier alpha value is -1.77. The zero-order chi connectivity index (χ0) is 15.6. The van der Waals surface area contributed by atoms with Crippen molar-refractivity contribution in [2.45, 2.75) is 31.8 Å². The molecule has 3 N–H and O–H groups in total. The molecule has 1 aromatic heterocycles. The van der Waals surface area contributed by atoms with Crippen LogP contribution in [-0.2, 0) is 23.1 Å². The van der Waals surface area contributed by atoms with E-state index in [2.05, 4.69) is 9.88 Å². The first-order valence-corrected chi connectivity index (χ1v) is 7.72. The molecule has 0 aliphatic rings. The molecule has 2 aromatic rings. The van der Waals surface area contributed by atoms with Crippen molar-refractivity contribution in [3.8, 4) is 0 Å². The fourth-order valence-corrected chi connectivity index (χ4v) is 3.00. The Morgan fingerprint density at radius 2 is 2.05 bits per heavy atom. The van der Waals surface area contributed by atoms with Crippen LogP contribution in [0.2, 0.25) is 0 Å². The van der Waals surface area contributed by atoms with E-state index in [1.807, 2.05) is 0 Å². The van der Waals surface area contributed by atoms with Crippen LogP contribution in [0.3, 0.4) is 0 Å². The predicted molar refractivity (Wildman–Crippen MR) is 74.3 cm³/mol. The summed E-state index contributed by atoms with van der Waals surface area (Å²) in [6, 6.07) is 4.13. The van der Waals surface area contributed by atoms with Crippen molar-refractivity contribution in [3.05, 3.63) is 46.6 Å². The van der Waals surface area contributed by atoms with E-state index in [-0.39, 0.29) is 29.1 Å². The number of aromatic nitrogens is 1. The second-order valence-corrected chi connectivity index (χ2v) is 6.44. The molecule has 0 saturated heterocycles. The second-order valence-electron chi connectivity index (χ2n) is 4.67. The van der Waals surface area contributed by atoms with Crippen LogP contribution < -0.4 is 10.5 Å². The number of nitrogens with zero attached hydrogens (tertiary/aromatic N) is 1. The van der Waals surface area contributed by atoms with Gasteiger partial charge in [-0.05, 0) is 31.5 Å². The fraction of sp³-hybridized carbons (Fsp3) is 0.308. The van der Waals surface area contributed by atoms with Crippen LogP contribution in [0.1, 0.15) is 22.6 Å². The molecule has 114 valence electrons. The van der Waals surface area contributed by atoms with Crippen molar-refractivity contribution in [1.82, 2.24) is 9.88 Å². The van der Waals surface area contributed by atoms with Crippen LogP contribution in [0, 0.1) is 19.7 Å². The van der Waals surface area contributed by atoms with Gasteiger partial charge in [0.25, 0.3) is 0 Å². The molecule has 0 amide bonds. The van der Waals surface area contributed by atoms with Gasteiger partial charge in [-0.15, -0.1) is 0 Å². The van der Waals surface area contributed by atoms with Gasteiger partial charge in [0.05, 0.1) is 17.1 Å². The Morgan fingerprint density at radius 1 is 1.33 bits per heavy atom. The highest BCUT2D eigenvalue weighted by molar-refractivity contribution is 7.89. The van der Waals surface area contributed by atoms with E-state index in [0.717, 1.165) is 0 Å². The van der Waals surface area contributed by atoms with Gasteiger partial charge >= 0.3 is 0 Å². The smallest absolute Gasteiger partial charge is 0.240 e. The van der Waals surface area contributed by atoms with Crippen LogP contribution in [0.4, 0.5) is 4.39 Å². The van der Waals surface area contributed by atoms with E-state index in [1.54, 1.807) is 13.0 Å². The molecule has 21 heavy (non-hydrogen) atoms. The lowest BCUT2D eigenvalue weighted by Gasteiger charge is -2.09. The zero-order valence-electron chi connectivity index (χ0n) is 11.7. The third-order valence-electron chi connectivity index (χ3n) is 2.95. The number of rotatable bonds is 5. The van der Waals surface area contributed by atoms with Crippen molar-refractivity contribution in [2.24, 2.45) is 5.73 Å². The van der Waals surface area contributed by atoms with Gasteiger partial charge in [0, 0.05) is 18.2 Å². The molecule has 6 nitrogen and oxygen atoms in total. The second kappa shape index (κ2) is 5.92. The molecule has 0 spiro atoms. The molecule has 0 bridgehead atoms. The summed E-state index contributed by atoms with van der Waals surface area (Å²) < 4.78 is 45.4. The average Bonchev–Trinajstić information content (AvgIpc) is 2.85. The van der Waals surface area contributed by atoms with Crippen LogP contribution >= 0.6 is 0 Å². The standard InChI is InChI=1S/C13H16FN3O3S/c1-8-3-12(5-10(6-15)13(8)14)21(18,19)16-7-11-4-9(2)20-17-11/h3-5,16H,6-7,15H2,1-2H3. The van der Waals surface area contributed by atoms with Crippen molar-refractivity contribution in [1.29, 1.82) is 0 Å². The minimum atomic E-state index is -3.77. The number of hydrogen-bond acceptors (Lipinski definition) is 5. The summed E-state index contributed by atoms with van der Waals surface area (Å²) in [5, 5.41) is 3.70. The molecular formula is C13H16FN3O3S. The molecule has 0 aliphatic carbocycles. The summed E-state index contributed by atoms with van der Waals surface area (Å²) in [5.74, 6) is 0.107. The van der Waals surface area contributed by atoms with Gasteiger partial charge in [-0.3, -0.25) is 0 Å². The summed E-state index contributed by atoms with van der Waals surface area (Å²) in [5.41, 5.74) is 6.28. The average molecular weight is 313 g/mol. The Labute approximate surface area is 122 Å². The molecule has 0 atom stereocenters. The third kappa shape index (κ3) is 3.46. The Bertz CT molecular complexity index is 756. The Morgan fingerprint density at radius 3 is 2.62 bits per heavy atom. The number of nitrogens with one attached hydrogen (secondary N) is 1. The van der Waals surface area contributed by atoms with E-state index in [0.29, 0.717) is 11.5 Å². The summed E-state index contributed by atoms with van der Waals surface area (Å²) in [6.45, 7) is 3.13. The van der Waals surface area contributed by atoms with Crippen LogP contribution in [-0.4, -0.2) is 13.6 Å². The van der Waals surface area contributed by atoms with E-state index in [1.165, 1.54) is 19.1 Å². The molecule has 0 radical (unpaired) electrons. The van der Waals surface area contributed by atoms with Crippen molar-refractivity contribution in [3.63, 3.8) is 0 Å². The van der Waals surface area contributed by atoms with E-state index < -0.39 is 15.8 Å². The highest BCUT2D eigenvalue weighted by atomic mass is 32.2. The lowest BCUT2D eigenvalue weighted by molar-refractivity contribution is 0.390. The van der Waals surface area contributed by atoms with E-state index in [4.69, 9.17) is 10.3 Å². The summed E-state index contributed by atoms with van der Waals surface area (Å²) in [6.07, 6.45) is 0. The maximum Gasteiger partial charge on any atom is 0.240 e. The number of halogens is 1. The Balaban J connectivity index is 2.25. The number of benzene rings is 1. The molecule has 0 unspecified atom stereocenters. The van der Waals surface area contributed by atoms with E-state index in [9.17, 15) is 12.8 Å². The lowest BCUT2D eigenvalue weighted by Crippen LogP contribution is -2.24. The molecule has 1 heterocycles. The number of sulfonamides is 1. The molecule has 8 heteroatoms. The first-order chi connectivity index (χ1) is 9.83. The van der Waals surface area contributed by atoms with Crippen LogP contribution in [0.5, 0.6) is 0 Å². The first-order valence-electron chi connectivity index (χ1n) is 6.24. The molecular weight excluding hydrogens is 297 g/mol. The lowest BCUT2D eigenvalue weighted by atomic mass is 10.1. The predicted octanol–water partition coefficient (Wildman–Crippen LogP) is 1.37. The van der Waals surface area contributed by atoms with Gasteiger partial charge in [-0.2, -0.15) is 0 Å². The van der Waals surface area contributed by atoms with Gasteiger partial charge in [-0.25, -0.2) is 17.5 Å². The van der Waals surface area contributed by atoms with Gasteiger partial charge in [-0.1, -0.05) is 5.16 Å². The van der Waals surface area contributed by atoms with Crippen LogP contribution in [0.25, 0.3) is 0 Å². The first kappa shape index (κ1) is 15.6. The maximum atomic E-state index is 13.7. The van der Waals surface area contributed by atoms with Crippen LogP contribution in [0.15, 0.2) is 27.6 Å². The highest BCUT2D eigenvalue weighted by Gasteiger charge is 2.18. The molecule has 2 rings (SSSR count). The quantitative estimate of drug-likeness (QED) is 0.868. The summed E-state index contributed by atoms with van der Waals surface area (Å²) in [7, 11) is -3.77. The third-order valence-corrected chi connectivity index (χ3v) is 4.33. The molecule has 0 fully saturated rings. The highest BCUT2D eigenvalue weighted by Crippen LogP contribution is 2.19.